The Morgan fingerprint density at radius 3 is 2.43 bits per heavy atom. The van der Waals surface area contributed by atoms with Crippen LogP contribution >= 0.6 is 11.8 Å². The summed E-state index contributed by atoms with van der Waals surface area (Å²) in [5, 5.41) is 14.4. The number of ether oxygens (including phenoxy) is 1. The second-order valence-electron chi connectivity index (χ2n) is 12.5. The fraction of sp³-hybridized carbons (Fsp3) is 0.595. The Morgan fingerprint density at radius 1 is 1.04 bits per heavy atom. The van der Waals surface area contributed by atoms with Crippen molar-refractivity contribution in [2.24, 2.45) is 11.8 Å². The number of hydrogen-bond donors (Lipinski definition) is 1. The molecule has 248 valence electrons. The minimum Gasteiger partial charge on any atom is -0.548 e. The van der Waals surface area contributed by atoms with Crippen LogP contribution in [0.2, 0.25) is 0 Å². The van der Waals surface area contributed by atoms with Gasteiger partial charge in [-0.1, -0.05) is 88.8 Å². The summed E-state index contributed by atoms with van der Waals surface area (Å²) < 4.78 is 5.91. The molecule has 0 bridgehead atoms. The zero-order valence-electron chi connectivity index (χ0n) is 28.8. The predicted octanol–water partition coefficient (Wildman–Crippen LogP) is 4.05. The van der Waals surface area contributed by atoms with E-state index in [1.54, 1.807) is 6.07 Å². The number of carbonyl (C=O) groups excluding carboxylic acids is 3. The second-order valence-corrected chi connectivity index (χ2v) is 13.5. The number of rotatable bonds is 18. The number of carboxylic acid groups (broad SMARTS) is 1. The Bertz CT molecular complexity index is 1240. The third kappa shape index (κ3) is 12.7. The van der Waals surface area contributed by atoms with Gasteiger partial charge in [0.2, 0.25) is 0 Å². The zero-order valence-corrected chi connectivity index (χ0v) is 29.6. The van der Waals surface area contributed by atoms with Crippen molar-refractivity contribution in [3.63, 3.8) is 0 Å². The van der Waals surface area contributed by atoms with Crippen LogP contribution in [-0.2, 0) is 16.0 Å². The largest absolute Gasteiger partial charge is 1.00 e. The Balaban J connectivity index is 0.00000736. The van der Waals surface area contributed by atoms with Crippen LogP contribution in [0.4, 0.5) is 4.79 Å². The van der Waals surface area contributed by atoms with Gasteiger partial charge in [-0.25, -0.2) is 4.79 Å². The van der Waals surface area contributed by atoms with Gasteiger partial charge in [-0.2, -0.15) is 11.8 Å². The van der Waals surface area contributed by atoms with Gasteiger partial charge < -0.3 is 24.9 Å². The summed E-state index contributed by atoms with van der Waals surface area (Å²) in [7, 11) is 0. The molecule has 2 aromatic carbocycles. The number of aryl methyl sites for hydroxylation is 1. The summed E-state index contributed by atoms with van der Waals surface area (Å²) in [6.07, 6.45) is 12.9. The average Bonchev–Trinajstić information content (AvgIpc) is 3.05. The molecule has 0 heterocycles. The molecule has 2 aromatic rings. The molecule has 1 fully saturated rings. The number of carbonyl (C=O) groups is 3. The minimum atomic E-state index is -1.29. The van der Waals surface area contributed by atoms with Crippen molar-refractivity contribution in [2.75, 3.05) is 31.7 Å². The molecule has 1 aliphatic carbocycles. The van der Waals surface area contributed by atoms with E-state index in [-0.39, 0.29) is 31.4 Å². The average molecular weight is 645 g/mol. The van der Waals surface area contributed by atoms with Crippen molar-refractivity contribution in [3.8, 4) is 11.1 Å². The maximum absolute atomic E-state index is 13.5. The van der Waals surface area contributed by atoms with Crippen LogP contribution in [0.3, 0.4) is 0 Å². The summed E-state index contributed by atoms with van der Waals surface area (Å²) >= 11 is 1.52. The molecule has 3 rings (SSSR count). The van der Waals surface area contributed by atoms with Crippen LogP contribution in [-0.4, -0.2) is 60.6 Å². The fourth-order valence-corrected chi connectivity index (χ4v) is 6.62. The third-order valence-corrected chi connectivity index (χ3v) is 9.73. The van der Waals surface area contributed by atoms with Gasteiger partial charge in [-0.15, -0.1) is 0 Å². The molecule has 2 atom stereocenters. The zero-order chi connectivity index (χ0) is 32.6. The molecule has 1 N–H and O–H groups in total. The van der Waals surface area contributed by atoms with Gasteiger partial charge in [0.05, 0.1) is 18.6 Å². The smallest absolute Gasteiger partial charge is 0.548 e. The van der Waals surface area contributed by atoms with Crippen LogP contribution in [0.5, 0.6) is 0 Å². The van der Waals surface area contributed by atoms with E-state index >= 15 is 0 Å². The molecular formula is C37H53LiN2O5S. The van der Waals surface area contributed by atoms with Crippen molar-refractivity contribution < 1.29 is 43.1 Å². The first-order chi connectivity index (χ1) is 21.8. The normalized spacial score (nSPS) is 14.5. The Hall–Kier alpha value is -2.40. The molecule has 1 saturated carbocycles. The third-order valence-electron chi connectivity index (χ3n) is 9.08. The Kier molecular flexibility index (Phi) is 18.6. The number of nitrogens with zero attached hydrogens (tertiary/aromatic N) is 1. The molecule has 0 saturated heterocycles. The quantitative estimate of drug-likeness (QED) is 0.246. The maximum Gasteiger partial charge on any atom is 1.00 e. The van der Waals surface area contributed by atoms with Crippen LogP contribution in [0.15, 0.2) is 42.5 Å². The van der Waals surface area contributed by atoms with Crippen molar-refractivity contribution in [1.82, 2.24) is 10.2 Å². The van der Waals surface area contributed by atoms with Gasteiger partial charge in [0.1, 0.15) is 0 Å². The first-order valence-corrected chi connectivity index (χ1v) is 18.3. The summed E-state index contributed by atoms with van der Waals surface area (Å²) in [6, 6.07) is 12.5. The number of thioether (sulfide) groups is 1. The van der Waals surface area contributed by atoms with Gasteiger partial charge in [0.25, 0.3) is 5.91 Å². The van der Waals surface area contributed by atoms with Crippen molar-refractivity contribution >= 4 is 29.7 Å². The predicted molar refractivity (Wildman–Crippen MR) is 182 cm³/mol. The summed E-state index contributed by atoms with van der Waals surface area (Å²) in [4.78, 5) is 40.5. The van der Waals surface area contributed by atoms with Gasteiger partial charge in [0.15, 0.2) is 0 Å². The van der Waals surface area contributed by atoms with E-state index in [4.69, 9.17) is 4.74 Å². The molecule has 2 unspecified atom stereocenters. The second kappa shape index (κ2) is 21.5. The Labute approximate surface area is 293 Å². The number of hydrogen-bond acceptors (Lipinski definition) is 6. The standard InChI is InChI=1S/C37H54N2O5S.Li/c1-5-7-14-28(6-2)26-44-37(43)39(25-30-15-9-8-10-16-30)22-20-29-18-19-32(33(24-29)31-17-12-11-13-27(31)3)35(40)38-34(36(41)42)21-23-45-4;/h11-13,17-19,24,28,30,34H,5-10,14-16,20-23,25-26H2,1-4H3,(H,38,40)(H,41,42);/q;+1/p-1. The molecule has 46 heavy (non-hydrogen) atoms. The first kappa shape index (κ1) is 39.8. The fourth-order valence-electron chi connectivity index (χ4n) is 6.14. The number of nitrogens with one attached hydrogen (secondary N) is 1. The van der Waals surface area contributed by atoms with Gasteiger partial charge in [-0.3, -0.25) is 4.79 Å². The summed E-state index contributed by atoms with van der Waals surface area (Å²) in [6.45, 7) is 8.04. The molecule has 7 nitrogen and oxygen atoms in total. The monoisotopic (exact) mass is 644 g/mol. The topological polar surface area (TPSA) is 98.8 Å². The molecule has 2 amide bonds. The molecule has 0 radical (unpaired) electrons. The SMILES string of the molecule is CCCCC(CC)COC(=O)N(CCc1ccc(C(=O)NC(CCSC)C(=O)[O-])c(-c2ccccc2C)c1)CC1CCCCC1.[Li+]. The van der Waals surface area contributed by atoms with E-state index in [1.807, 2.05) is 54.5 Å². The summed E-state index contributed by atoms with van der Waals surface area (Å²) in [5.74, 6) is -0.249. The maximum atomic E-state index is 13.5. The number of aliphatic carboxylic acids is 1. The summed E-state index contributed by atoms with van der Waals surface area (Å²) in [5.41, 5.74) is 4.08. The van der Waals surface area contributed by atoms with E-state index in [0.29, 0.717) is 49.3 Å². The van der Waals surface area contributed by atoms with Crippen LogP contribution < -0.4 is 29.3 Å². The number of amides is 2. The molecule has 1 aliphatic rings. The molecule has 0 aliphatic heterocycles. The van der Waals surface area contributed by atoms with E-state index < -0.39 is 17.9 Å². The number of unbranched alkanes of at least 4 members (excludes halogenated alkanes) is 1. The molecular weight excluding hydrogens is 591 g/mol. The van der Waals surface area contributed by atoms with Gasteiger partial charge >= 0.3 is 25.0 Å². The minimum absolute atomic E-state index is 0. The van der Waals surface area contributed by atoms with E-state index in [1.165, 1.54) is 31.0 Å². The van der Waals surface area contributed by atoms with Crippen LogP contribution in [0.25, 0.3) is 11.1 Å². The van der Waals surface area contributed by atoms with Gasteiger partial charge in [0, 0.05) is 18.7 Å². The van der Waals surface area contributed by atoms with Crippen molar-refractivity contribution in [2.45, 2.75) is 97.4 Å². The Morgan fingerprint density at radius 2 is 1.78 bits per heavy atom. The van der Waals surface area contributed by atoms with E-state index in [9.17, 15) is 19.5 Å². The molecule has 9 heteroatoms. The number of carboxylic acids is 1. The van der Waals surface area contributed by atoms with Crippen molar-refractivity contribution in [1.29, 1.82) is 0 Å². The number of benzene rings is 2. The van der Waals surface area contributed by atoms with Crippen LogP contribution in [0, 0.1) is 18.8 Å². The first-order valence-electron chi connectivity index (χ1n) is 16.9. The van der Waals surface area contributed by atoms with Crippen LogP contribution in [0.1, 0.15) is 99.5 Å². The van der Waals surface area contributed by atoms with E-state index in [0.717, 1.165) is 60.8 Å². The van der Waals surface area contributed by atoms with Gasteiger partial charge in [-0.05, 0) is 91.2 Å². The molecule has 0 spiro atoms. The van der Waals surface area contributed by atoms with Crippen molar-refractivity contribution in [3.05, 3.63) is 59.2 Å². The van der Waals surface area contributed by atoms with E-state index in [2.05, 4.69) is 19.2 Å². The molecule has 0 aromatic heterocycles.